The number of benzene rings is 2. The standard InChI is InChI=1S/C15H14Cl2O2/c1-2-18-14-5-3-4-6-15(14)19-13-8-7-12(17)9-11(13)10-16/h3-9H,2,10H2,1H3. The lowest BCUT2D eigenvalue weighted by Gasteiger charge is -2.13. The van der Waals surface area contributed by atoms with Crippen LogP contribution in [-0.4, -0.2) is 6.61 Å². The minimum atomic E-state index is 0.340. The number of rotatable bonds is 5. The highest BCUT2D eigenvalue weighted by Gasteiger charge is 2.09. The first kappa shape index (κ1) is 14.0. The number of hydrogen-bond acceptors (Lipinski definition) is 2. The zero-order valence-electron chi connectivity index (χ0n) is 10.5. The summed E-state index contributed by atoms with van der Waals surface area (Å²) in [6, 6.07) is 12.9. The Hall–Kier alpha value is -1.38. The van der Waals surface area contributed by atoms with E-state index in [2.05, 4.69) is 0 Å². The molecule has 0 aliphatic heterocycles. The molecule has 0 saturated carbocycles. The number of ether oxygens (including phenoxy) is 2. The van der Waals surface area contributed by atoms with Crippen molar-refractivity contribution in [3.05, 3.63) is 53.1 Å². The fraction of sp³-hybridized carbons (Fsp3) is 0.200. The normalized spacial score (nSPS) is 10.3. The van der Waals surface area contributed by atoms with Gasteiger partial charge >= 0.3 is 0 Å². The molecule has 2 nitrogen and oxygen atoms in total. The van der Waals surface area contributed by atoms with Gasteiger partial charge in [-0.05, 0) is 37.3 Å². The molecule has 0 amide bonds. The molecule has 0 radical (unpaired) electrons. The van der Waals surface area contributed by atoms with Crippen LogP contribution in [0.15, 0.2) is 42.5 Å². The van der Waals surface area contributed by atoms with Crippen molar-refractivity contribution in [3.8, 4) is 17.2 Å². The second-order valence-electron chi connectivity index (χ2n) is 3.87. The number of halogens is 2. The van der Waals surface area contributed by atoms with E-state index < -0.39 is 0 Å². The van der Waals surface area contributed by atoms with Gasteiger partial charge in [-0.2, -0.15) is 0 Å². The van der Waals surface area contributed by atoms with E-state index in [1.54, 1.807) is 12.1 Å². The lowest BCUT2D eigenvalue weighted by molar-refractivity contribution is 0.321. The van der Waals surface area contributed by atoms with Crippen molar-refractivity contribution in [2.24, 2.45) is 0 Å². The van der Waals surface area contributed by atoms with E-state index in [1.165, 1.54) is 0 Å². The number of alkyl halides is 1. The summed E-state index contributed by atoms with van der Waals surface area (Å²) in [5, 5.41) is 0.640. The van der Waals surface area contributed by atoms with Gasteiger partial charge in [0.1, 0.15) is 5.75 Å². The summed E-state index contributed by atoms with van der Waals surface area (Å²) in [7, 11) is 0. The van der Waals surface area contributed by atoms with Gasteiger partial charge in [0, 0.05) is 10.6 Å². The minimum Gasteiger partial charge on any atom is -0.490 e. The van der Waals surface area contributed by atoms with Crippen LogP contribution in [-0.2, 0) is 5.88 Å². The molecule has 4 heteroatoms. The Morgan fingerprint density at radius 2 is 1.74 bits per heavy atom. The van der Waals surface area contributed by atoms with Crippen molar-refractivity contribution in [1.29, 1.82) is 0 Å². The Labute approximate surface area is 122 Å². The summed E-state index contributed by atoms with van der Waals surface area (Å²) >= 11 is 11.8. The molecule has 100 valence electrons. The molecule has 0 fully saturated rings. The molecule has 0 saturated heterocycles. The SMILES string of the molecule is CCOc1ccccc1Oc1ccc(Cl)cc1CCl. The first-order valence-corrected chi connectivity index (χ1v) is 6.90. The molecule has 19 heavy (non-hydrogen) atoms. The van der Waals surface area contributed by atoms with E-state index in [1.807, 2.05) is 37.3 Å². The third-order valence-corrected chi connectivity index (χ3v) is 3.06. The van der Waals surface area contributed by atoms with Crippen LogP contribution >= 0.6 is 23.2 Å². The fourth-order valence-corrected chi connectivity index (χ4v) is 2.08. The smallest absolute Gasteiger partial charge is 0.169 e. The van der Waals surface area contributed by atoms with Gasteiger partial charge < -0.3 is 9.47 Å². The van der Waals surface area contributed by atoms with Crippen molar-refractivity contribution in [1.82, 2.24) is 0 Å². The predicted molar refractivity (Wildman–Crippen MR) is 78.7 cm³/mol. The van der Waals surface area contributed by atoms with Crippen LogP contribution in [0.2, 0.25) is 5.02 Å². The lowest BCUT2D eigenvalue weighted by atomic mass is 10.2. The number of para-hydroxylation sites is 2. The Bertz CT molecular complexity index is 556. The molecular weight excluding hydrogens is 283 g/mol. The summed E-state index contributed by atoms with van der Waals surface area (Å²) in [6.45, 7) is 2.52. The van der Waals surface area contributed by atoms with Crippen LogP contribution < -0.4 is 9.47 Å². The third-order valence-electron chi connectivity index (χ3n) is 2.54. The highest BCUT2D eigenvalue weighted by Crippen LogP contribution is 2.34. The maximum absolute atomic E-state index is 5.94. The molecule has 0 N–H and O–H groups in total. The van der Waals surface area contributed by atoms with Crippen LogP contribution in [0.25, 0.3) is 0 Å². The monoisotopic (exact) mass is 296 g/mol. The predicted octanol–water partition coefficient (Wildman–Crippen LogP) is 5.27. The van der Waals surface area contributed by atoms with E-state index in [-0.39, 0.29) is 0 Å². The van der Waals surface area contributed by atoms with Crippen molar-refractivity contribution in [2.45, 2.75) is 12.8 Å². The molecule has 0 unspecified atom stereocenters. The highest BCUT2D eigenvalue weighted by atomic mass is 35.5. The topological polar surface area (TPSA) is 18.5 Å². The first-order valence-electron chi connectivity index (χ1n) is 5.98. The van der Waals surface area contributed by atoms with Crippen molar-refractivity contribution < 1.29 is 9.47 Å². The second kappa shape index (κ2) is 6.69. The average Bonchev–Trinajstić information content (AvgIpc) is 2.43. The molecular formula is C15H14Cl2O2. The average molecular weight is 297 g/mol. The quantitative estimate of drug-likeness (QED) is 0.700. The van der Waals surface area contributed by atoms with E-state index in [4.69, 9.17) is 32.7 Å². The van der Waals surface area contributed by atoms with E-state index >= 15 is 0 Å². The van der Waals surface area contributed by atoms with Gasteiger partial charge in [-0.25, -0.2) is 0 Å². The van der Waals surface area contributed by atoms with Crippen molar-refractivity contribution in [2.75, 3.05) is 6.61 Å². The molecule has 2 aromatic rings. The summed E-state index contributed by atoms with van der Waals surface area (Å²) in [5.41, 5.74) is 0.848. The first-order chi connectivity index (χ1) is 9.24. The van der Waals surface area contributed by atoms with Gasteiger partial charge in [-0.15, -0.1) is 11.6 Å². The molecule has 0 aliphatic carbocycles. The van der Waals surface area contributed by atoms with Crippen LogP contribution in [0.5, 0.6) is 17.2 Å². The molecule has 0 aromatic heterocycles. The molecule has 0 atom stereocenters. The second-order valence-corrected chi connectivity index (χ2v) is 4.57. The summed E-state index contributed by atoms with van der Waals surface area (Å²) < 4.78 is 11.4. The van der Waals surface area contributed by atoms with Crippen LogP contribution in [0.1, 0.15) is 12.5 Å². The van der Waals surface area contributed by atoms with Gasteiger partial charge in [0.25, 0.3) is 0 Å². The van der Waals surface area contributed by atoms with Gasteiger partial charge in [0.15, 0.2) is 11.5 Å². The lowest BCUT2D eigenvalue weighted by Crippen LogP contribution is -1.96. The maximum atomic E-state index is 5.94. The third kappa shape index (κ3) is 3.55. The molecule has 2 aromatic carbocycles. The van der Waals surface area contributed by atoms with Crippen molar-refractivity contribution in [3.63, 3.8) is 0 Å². The highest BCUT2D eigenvalue weighted by molar-refractivity contribution is 6.30. The van der Waals surface area contributed by atoms with E-state index in [0.717, 1.165) is 5.56 Å². The molecule has 0 aliphatic rings. The molecule has 2 rings (SSSR count). The fourth-order valence-electron chi connectivity index (χ4n) is 1.68. The Morgan fingerprint density at radius 1 is 1.00 bits per heavy atom. The molecule has 0 spiro atoms. The molecule has 0 heterocycles. The largest absolute Gasteiger partial charge is 0.490 e. The maximum Gasteiger partial charge on any atom is 0.169 e. The summed E-state index contributed by atoms with van der Waals surface area (Å²) in [5.74, 6) is 2.40. The van der Waals surface area contributed by atoms with E-state index in [0.29, 0.717) is 34.8 Å². The Balaban J connectivity index is 2.30. The van der Waals surface area contributed by atoms with Gasteiger partial charge in [0.2, 0.25) is 0 Å². The summed E-state index contributed by atoms with van der Waals surface area (Å²) in [6.07, 6.45) is 0. The Morgan fingerprint density at radius 3 is 2.42 bits per heavy atom. The zero-order chi connectivity index (χ0) is 13.7. The van der Waals surface area contributed by atoms with Crippen LogP contribution in [0.4, 0.5) is 0 Å². The van der Waals surface area contributed by atoms with Crippen LogP contribution in [0, 0.1) is 0 Å². The summed E-state index contributed by atoms with van der Waals surface area (Å²) in [4.78, 5) is 0. The zero-order valence-corrected chi connectivity index (χ0v) is 12.0. The molecule has 0 bridgehead atoms. The van der Waals surface area contributed by atoms with E-state index in [9.17, 15) is 0 Å². The van der Waals surface area contributed by atoms with Crippen molar-refractivity contribution >= 4 is 23.2 Å². The minimum absolute atomic E-state index is 0.340. The van der Waals surface area contributed by atoms with Gasteiger partial charge in [0.05, 0.1) is 12.5 Å². The Kier molecular flexibility index (Phi) is 4.94. The number of hydrogen-bond donors (Lipinski definition) is 0. The van der Waals surface area contributed by atoms with Crippen LogP contribution in [0.3, 0.4) is 0 Å². The van der Waals surface area contributed by atoms with Gasteiger partial charge in [-0.1, -0.05) is 23.7 Å². The van der Waals surface area contributed by atoms with Gasteiger partial charge in [-0.3, -0.25) is 0 Å².